The molecule has 3 rings (SSSR count). The zero-order valence-corrected chi connectivity index (χ0v) is 15.1. The van der Waals surface area contributed by atoms with Crippen LogP contribution in [0.5, 0.6) is 5.75 Å². The van der Waals surface area contributed by atoms with Crippen LogP contribution in [0.2, 0.25) is 0 Å². The summed E-state index contributed by atoms with van der Waals surface area (Å²) >= 11 is 0. The van der Waals surface area contributed by atoms with Gasteiger partial charge in [-0.2, -0.15) is 0 Å². The second kappa shape index (κ2) is 7.56. The maximum absolute atomic E-state index is 12.8. The Balaban J connectivity index is 1.83. The van der Waals surface area contributed by atoms with Crippen LogP contribution in [0.1, 0.15) is 12.0 Å². The highest BCUT2D eigenvalue weighted by Crippen LogP contribution is 2.32. The number of aliphatic hydroxyl groups excluding tert-OH is 1. The summed E-state index contributed by atoms with van der Waals surface area (Å²) in [5.74, 6) is 0.644. The van der Waals surface area contributed by atoms with Crippen molar-refractivity contribution < 1.29 is 18.3 Å². The van der Waals surface area contributed by atoms with Gasteiger partial charge in [-0.25, -0.2) is 8.42 Å². The maximum Gasteiger partial charge on any atom is 0.206 e. The second-order valence-electron chi connectivity index (χ2n) is 6.35. The number of likely N-dealkylation sites (N-methyl/N-ethyl adjacent to an activating group) is 1. The average molecular weight is 361 g/mol. The normalized spacial score (nSPS) is 17.2. The number of rotatable bonds is 6. The van der Waals surface area contributed by atoms with Crippen LogP contribution in [0.25, 0.3) is 0 Å². The van der Waals surface area contributed by atoms with E-state index in [-0.39, 0.29) is 22.5 Å². The third-order valence-corrected chi connectivity index (χ3v) is 6.20. The van der Waals surface area contributed by atoms with Crippen molar-refractivity contribution in [2.24, 2.45) is 0 Å². The summed E-state index contributed by atoms with van der Waals surface area (Å²) in [6.45, 7) is 1.41. The number of nitrogens with zero attached hydrogens (tertiary/aromatic N) is 1. The summed E-state index contributed by atoms with van der Waals surface area (Å²) in [7, 11) is -1.61. The van der Waals surface area contributed by atoms with E-state index in [2.05, 4.69) is 0 Å². The maximum atomic E-state index is 12.8. The van der Waals surface area contributed by atoms with Gasteiger partial charge in [0.05, 0.1) is 16.4 Å². The predicted molar refractivity (Wildman–Crippen MR) is 95.7 cm³/mol. The van der Waals surface area contributed by atoms with E-state index in [0.717, 1.165) is 18.4 Å². The highest BCUT2D eigenvalue weighted by atomic mass is 32.2. The molecule has 0 saturated carbocycles. The summed E-state index contributed by atoms with van der Waals surface area (Å²) < 4.78 is 31.6. The molecular weight excluding hydrogens is 338 g/mol. The highest BCUT2D eigenvalue weighted by Gasteiger charge is 2.24. The molecule has 0 fully saturated rings. The SMILES string of the molecule is CN(CCO)C[C@H]1CCc2ccc(S(=O)(=O)c3ccccc3)cc2O1. The van der Waals surface area contributed by atoms with Gasteiger partial charge in [-0.1, -0.05) is 24.3 Å². The lowest BCUT2D eigenvalue weighted by atomic mass is 10.0. The molecule has 2 aromatic rings. The third-order valence-electron chi connectivity index (χ3n) is 4.43. The average Bonchev–Trinajstić information content (AvgIpc) is 2.62. The Kier molecular flexibility index (Phi) is 5.42. The van der Waals surface area contributed by atoms with Crippen LogP contribution < -0.4 is 4.74 Å². The topological polar surface area (TPSA) is 66.8 Å². The molecule has 1 N–H and O–H groups in total. The summed E-state index contributed by atoms with van der Waals surface area (Å²) in [5.41, 5.74) is 1.04. The zero-order valence-electron chi connectivity index (χ0n) is 14.3. The number of hydrogen-bond acceptors (Lipinski definition) is 5. The van der Waals surface area contributed by atoms with Gasteiger partial charge >= 0.3 is 0 Å². The molecule has 5 nitrogen and oxygen atoms in total. The highest BCUT2D eigenvalue weighted by molar-refractivity contribution is 7.91. The number of sulfone groups is 1. The molecule has 0 bridgehead atoms. The van der Waals surface area contributed by atoms with Gasteiger partial charge in [0, 0.05) is 13.1 Å². The van der Waals surface area contributed by atoms with E-state index < -0.39 is 9.84 Å². The number of benzene rings is 2. The van der Waals surface area contributed by atoms with Crippen molar-refractivity contribution in [3.63, 3.8) is 0 Å². The summed E-state index contributed by atoms with van der Waals surface area (Å²) in [4.78, 5) is 2.55. The van der Waals surface area contributed by atoms with Gasteiger partial charge in [0.1, 0.15) is 11.9 Å². The molecule has 1 aliphatic heterocycles. The van der Waals surface area contributed by atoms with E-state index in [1.165, 1.54) is 0 Å². The standard InChI is InChI=1S/C19H23NO4S/c1-20(11-12-21)14-16-9-7-15-8-10-18(13-19(15)24-16)25(22,23)17-5-3-2-4-6-17/h2-6,8,10,13,16,21H,7,9,11-12,14H2,1H3/t16-/m1/s1. The number of hydrogen-bond donors (Lipinski definition) is 1. The van der Waals surface area contributed by atoms with Crippen LogP contribution >= 0.6 is 0 Å². The molecule has 1 heterocycles. The molecule has 0 aromatic heterocycles. The fraction of sp³-hybridized carbons (Fsp3) is 0.368. The first-order chi connectivity index (χ1) is 12.0. The minimum Gasteiger partial charge on any atom is -0.489 e. The Bertz CT molecular complexity index is 821. The predicted octanol–water partition coefficient (Wildman–Crippen LogP) is 2.14. The van der Waals surface area contributed by atoms with Gasteiger partial charge in [-0.3, -0.25) is 0 Å². The molecule has 6 heteroatoms. The molecule has 25 heavy (non-hydrogen) atoms. The Morgan fingerprint density at radius 3 is 2.64 bits per heavy atom. The molecule has 0 amide bonds. The van der Waals surface area contributed by atoms with E-state index >= 15 is 0 Å². The van der Waals surface area contributed by atoms with Crippen molar-refractivity contribution in [2.45, 2.75) is 28.7 Å². The monoisotopic (exact) mass is 361 g/mol. The van der Waals surface area contributed by atoms with E-state index in [1.54, 1.807) is 42.5 Å². The number of aryl methyl sites for hydroxylation is 1. The molecular formula is C19H23NO4S. The first-order valence-electron chi connectivity index (χ1n) is 8.40. The van der Waals surface area contributed by atoms with Crippen LogP contribution in [0.3, 0.4) is 0 Å². The summed E-state index contributed by atoms with van der Waals surface area (Å²) in [6, 6.07) is 13.6. The fourth-order valence-electron chi connectivity index (χ4n) is 3.05. The minimum atomic E-state index is -3.55. The van der Waals surface area contributed by atoms with Crippen LogP contribution in [0.15, 0.2) is 58.3 Å². The van der Waals surface area contributed by atoms with Gasteiger partial charge in [0.15, 0.2) is 0 Å². The Hall–Kier alpha value is -1.89. The quantitative estimate of drug-likeness (QED) is 0.854. The van der Waals surface area contributed by atoms with Crippen LogP contribution in [-0.2, 0) is 16.3 Å². The van der Waals surface area contributed by atoms with Crippen LogP contribution in [0, 0.1) is 0 Å². The molecule has 0 unspecified atom stereocenters. The number of ether oxygens (including phenoxy) is 1. The van der Waals surface area contributed by atoms with Crippen LogP contribution in [0.4, 0.5) is 0 Å². The van der Waals surface area contributed by atoms with Crippen LogP contribution in [-0.4, -0.2) is 51.3 Å². The van der Waals surface area contributed by atoms with E-state index in [4.69, 9.17) is 9.84 Å². The Morgan fingerprint density at radius 1 is 1.16 bits per heavy atom. The Morgan fingerprint density at radius 2 is 1.92 bits per heavy atom. The van der Waals surface area contributed by atoms with Crippen molar-refractivity contribution in [3.8, 4) is 5.75 Å². The largest absolute Gasteiger partial charge is 0.489 e. The first kappa shape index (κ1) is 17.9. The van der Waals surface area contributed by atoms with Crippen molar-refractivity contribution in [2.75, 3.05) is 26.7 Å². The molecule has 0 spiro atoms. The first-order valence-corrected chi connectivity index (χ1v) is 9.88. The molecule has 134 valence electrons. The van der Waals surface area contributed by atoms with Gasteiger partial charge in [0.2, 0.25) is 9.84 Å². The summed E-state index contributed by atoms with van der Waals surface area (Å²) in [5, 5.41) is 9.01. The van der Waals surface area contributed by atoms with Gasteiger partial charge < -0.3 is 14.7 Å². The van der Waals surface area contributed by atoms with Crippen molar-refractivity contribution >= 4 is 9.84 Å². The third kappa shape index (κ3) is 4.03. The molecule has 2 aromatic carbocycles. The van der Waals surface area contributed by atoms with Gasteiger partial charge in [0.25, 0.3) is 0 Å². The molecule has 1 aliphatic rings. The summed E-state index contributed by atoms with van der Waals surface area (Å²) in [6.07, 6.45) is 1.74. The zero-order chi connectivity index (χ0) is 17.9. The second-order valence-corrected chi connectivity index (χ2v) is 8.30. The van der Waals surface area contributed by atoms with Gasteiger partial charge in [-0.05, 0) is 49.7 Å². The number of aliphatic hydroxyl groups is 1. The van der Waals surface area contributed by atoms with E-state index in [9.17, 15) is 8.42 Å². The molecule has 0 radical (unpaired) electrons. The van der Waals surface area contributed by atoms with Crippen molar-refractivity contribution in [3.05, 3.63) is 54.1 Å². The smallest absolute Gasteiger partial charge is 0.206 e. The molecule has 0 saturated heterocycles. The molecule has 1 atom stereocenters. The lowest BCUT2D eigenvalue weighted by Crippen LogP contribution is -2.36. The number of fused-ring (bicyclic) bond motifs is 1. The van der Waals surface area contributed by atoms with Crippen molar-refractivity contribution in [1.29, 1.82) is 0 Å². The lowest BCUT2D eigenvalue weighted by Gasteiger charge is -2.29. The van der Waals surface area contributed by atoms with E-state index in [1.807, 2.05) is 18.0 Å². The minimum absolute atomic E-state index is 0.00118. The van der Waals surface area contributed by atoms with E-state index in [0.29, 0.717) is 18.8 Å². The van der Waals surface area contributed by atoms with Gasteiger partial charge in [-0.15, -0.1) is 0 Å². The van der Waals surface area contributed by atoms with Crippen molar-refractivity contribution in [1.82, 2.24) is 4.90 Å². The lowest BCUT2D eigenvalue weighted by molar-refractivity contribution is 0.115. The Labute approximate surface area is 148 Å². The molecule has 0 aliphatic carbocycles. The fourth-order valence-corrected chi connectivity index (χ4v) is 4.34.